The number of esters is 1. The second-order valence-electron chi connectivity index (χ2n) is 11.4. The summed E-state index contributed by atoms with van der Waals surface area (Å²) in [7, 11) is 0. The zero-order chi connectivity index (χ0) is 34.5. The van der Waals surface area contributed by atoms with Crippen LogP contribution in [0, 0.1) is 12.8 Å². The first-order valence-corrected chi connectivity index (χ1v) is 15.4. The van der Waals surface area contributed by atoms with Gasteiger partial charge in [0.1, 0.15) is 5.84 Å². The average molecular weight is 649 g/mol. The number of aliphatic hydroxyl groups excluding tert-OH is 1. The van der Waals surface area contributed by atoms with Gasteiger partial charge < -0.3 is 40.4 Å². The first-order chi connectivity index (χ1) is 22.4. The Labute approximate surface area is 275 Å². The lowest BCUT2D eigenvalue weighted by atomic mass is 10.1. The van der Waals surface area contributed by atoms with E-state index in [4.69, 9.17) is 24.7 Å². The summed E-state index contributed by atoms with van der Waals surface area (Å²) < 4.78 is 21.9. The number of amides is 2. The Hall–Kier alpha value is -5.10. The molecule has 12 nitrogen and oxygen atoms in total. The topological polar surface area (TPSA) is 171 Å². The van der Waals surface area contributed by atoms with E-state index in [2.05, 4.69) is 15.6 Å². The van der Waals surface area contributed by atoms with E-state index in [0.29, 0.717) is 45.1 Å². The number of aliphatic hydroxyl groups is 1. The van der Waals surface area contributed by atoms with Crippen LogP contribution in [0.15, 0.2) is 59.6 Å². The lowest BCUT2D eigenvalue weighted by molar-refractivity contribution is -0.145. The van der Waals surface area contributed by atoms with Gasteiger partial charge in [0.2, 0.25) is 0 Å². The molecule has 0 aliphatic rings. The number of aliphatic imine (C=N–C) groups is 1. The fourth-order valence-corrected chi connectivity index (χ4v) is 4.33. The van der Waals surface area contributed by atoms with Crippen LogP contribution in [0.2, 0.25) is 0 Å². The van der Waals surface area contributed by atoms with E-state index in [1.807, 2.05) is 40.7 Å². The lowest BCUT2D eigenvalue weighted by Gasteiger charge is -2.20. The number of anilines is 2. The van der Waals surface area contributed by atoms with Crippen LogP contribution in [-0.2, 0) is 27.4 Å². The van der Waals surface area contributed by atoms with Crippen molar-refractivity contribution in [1.82, 2.24) is 0 Å². The molecule has 3 rings (SSSR count). The van der Waals surface area contributed by atoms with Crippen LogP contribution in [0.5, 0.6) is 11.5 Å². The highest BCUT2D eigenvalue weighted by Gasteiger charge is 2.19. The number of hydrogen-bond acceptors (Lipinski definition) is 9. The molecule has 0 spiro atoms. The van der Waals surface area contributed by atoms with Crippen LogP contribution >= 0.6 is 0 Å². The Morgan fingerprint density at radius 1 is 0.979 bits per heavy atom. The Balaban J connectivity index is 1.82. The Morgan fingerprint density at radius 2 is 1.70 bits per heavy atom. The van der Waals surface area contributed by atoms with Crippen LogP contribution in [0.3, 0.4) is 0 Å². The molecule has 0 radical (unpaired) electrons. The predicted octanol–water partition coefficient (Wildman–Crippen LogP) is 5.58. The average Bonchev–Trinajstić information content (AvgIpc) is 3.02. The summed E-state index contributed by atoms with van der Waals surface area (Å²) in [5.41, 5.74) is 9.95. The molecule has 0 fully saturated rings. The van der Waals surface area contributed by atoms with Gasteiger partial charge in [0.05, 0.1) is 31.5 Å². The molecule has 2 amide bonds. The van der Waals surface area contributed by atoms with Crippen molar-refractivity contribution in [3.05, 3.63) is 82.4 Å². The van der Waals surface area contributed by atoms with Gasteiger partial charge in [0.15, 0.2) is 18.1 Å². The Bertz CT molecular complexity index is 1570. The van der Waals surface area contributed by atoms with Crippen molar-refractivity contribution < 1.29 is 38.4 Å². The number of aryl methyl sites for hydroxylation is 1. The van der Waals surface area contributed by atoms with Gasteiger partial charge in [-0.25, -0.2) is 9.59 Å². The molecule has 0 saturated heterocycles. The van der Waals surface area contributed by atoms with Gasteiger partial charge in [0.25, 0.3) is 5.91 Å². The van der Waals surface area contributed by atoms with Crippen molar-refractivity contribution >= 4 is 35.2 Å². The van der Waals surface area contributed by atoms with E-state index in [1.165, 1.54) is 0 Å². The SMILES string of the molecule is CCOC(=O)COc1c(CNc2ccc(C)cc2C(=O)Nc2ccc(/C(N)=N/C(=O)OCC(C)C)cc2)cc(CO)cc1OC(C)C. The maximum absolute atomic E-state index is 13.5. The number of nitrogens with one attached hydrogen (secondary N) is 2. The summed E-state index contributed by atoms with van der Waals surface area (Å²) in [4.78, 5) is 41.2. The molecule has 0 saturated carbocycles. The number of ether oxygens (including phenoxy) is 4. The van der Waals surface area contributed by atoms with Gasteiger partial charge in [0, 0.05) is 29.0 Å². The van der Waals surface area contributed by atoms with E-state index < -0.39 is 12.1 Å². The van der Waals surface area contributed by atoms with Crippen LogP contribution in [0.25, 0.3) is 0 Å². The minimum atomic E-state index is -0.766. The minimum Gasteiger partial charge on any atom is -0.487 e. The molecule has 252 valence electrons. The number of carbonyl (C=O) groups excluding carboxylic acids is 3. The van der Waals surface area contributed by atoms with Gasteiger partial charge >= 0.3 is 12.1 Å². The third-order valence-electron chi connectivity index (χ3n) is 6.46. The van der Waals surface area contributed by atoms with Crippen molar-refractivity contribution in [3.63, 3.8) is 0 Å². The monoisotopic (exact) mass is 648 g/mol. The highest BCUT2D eigenvalue weighted by molar-refractivity contribution is 6.08. The molecule has 12 heteroatoms. The molecule has 0 aromatic heterocycles. The standard InChI is InChI=1S/C35H44N4O8/c1-7-44-31(41)20-45-32-26(15-24(18-40)16-30(32)47-22(4)5)17-37-29-13-8-23(6)14-28(29)34(42)38-27-11-9-25(10-12-27)33(36)39-35(43)46-19-21(2)3/h8-16,21-22,37,40H,7,17-20H2,1-6H3,(H,38,42)(H2,36,39,43). The maximum atomic E-state index is 13.5. The van der Waals surface area contributed by atoms with E-state index in [1.54, 1.807) is 55.5 Å². The van der Waals surface area contributed by atoms with Crippen molar-refractivity contribution in [3.8, 4) is 11.5 Å². The first-order valence-electron chi connectivity index (χ1n) is 15.4. The number of hydrogen-bond donors (Lipinski definition) is 4. The molecular weight excluding hydrogens is 604 g/mol. The second kappa shape index (κ2) is 17.6. The van der Waals surface area contributed by atoms with E-state index in [0.717, 1.165) is 5.56 Å². The van der Waals surface area contributed by atoms with Crippen molar-refractivity contribution in [2.24, 2.45) is 16.6 Å². The van der Waals surface area contributed by atoms with Gasteiger partial charge in [-0.3, -0.25) is 4.79 Å². The summed E-state index contributed by atoms with van der Waals surface area (Å²) >= 11 is 0. The van der Waals surface area contributed by atoms with Gasteiger partial charge in [-0.2, -0.15) is 4.99 Å². The molecule has 0 atom stereocenters. The van der Waals surface area contributed by atoms with Crippen molar-refractivity contribution in [2.75, 3.05) is 30.5 Å². The van der Waals surface area contributed by atoms with Crippen LogP contribution < -0.4 is 25.8 Å². The molecule has 0 unspecified atom stereocenters. The number of carbonyl (C=O) groups is 3. The van der Waals surface area contributed by atoms with Crippen LogP contribution in [0.1, 0.15) is 67.2 Å². The summed E-state index contributed by atoms with van der Waals surface area (Å²) in [6.07, 6.45) is -0.969. The van der Waals surface area contributed by atoms with Gasteiger partial charge in [-0.05, 0) is 87.7 Å². The first kappa shape index (κ1) is 36.4. The fraction of sp³-hybridized carbons (Fsp3) is 0.371. The van der Waals surface area contributed by atoms with E-state index >= 15 is 0 Å². The highest BCUT2D eigenvalue weighted by Crippen LogP contribution is 2.35. The number of nitrogens with zero attached hydrogens (tertiary/aromatic N) is 1. The zero-order valence-electron chi connectivity index (χ0n) is 27.7. The quantitative estimate of drug-likeness (QED) is 0.0927. The molecule has 0 heterocycles. The summed E-state index contributed by atoms with van der Waals surface area (Å²) in [5, 5.41) is 16.1. The normalized spacial score (nSPS) is 11.3. The molecule has 3 aromatic carbocycles. The lowest BCUT2D eigenvalue weighted by Crippen LogP contribution is -2.18. The number of rotatable bonds is 15. The smallest absolute Gasteiger partial charge is 0.435 e. The number of benzene rings is 3. The molecular formula is C35H44N4O8. The van der Waals surface area contributed by atoms with E-state index in [9.17, 15) is 19.5 Å². The molecule has 5 N–H and O–H groups in total. The van der Waals surface area contributed by atoms with Crippen LogP contribution in [-0.4, -0.2) is 54.8 Å². The number of nitrogens with two attached hydrogens (primary N) is 1. The Morgan fingerprint density at radius 3 is 2.34 bits per heavy atom. The van der Waals surface area contributed by atoms with Crippen molar-refractivity contribution in [1.29, 1.82) is 0 Å². The third-order valence-corrected chi connectivity index (χ3v) is 6.46. The number of amidine groups is 1. The molecule has 0 aliphatic carbocycles. The third kappa shape index (κ3) is 11.3. The maximum Gasteiger partial charge on any atom is 0.435 e. The van der Waals surface area contributed by atoms with Gasteiger partial charge in [-0.15, -0.1) is 0 Å². The molecule has 47 heavy (non-hydrogen) atoms. The van der Waals surface area contributed by atoms with Gasteiger partial charge in [-0.1, -0.05) is 25.5 Å². The fourth-order valence-electron chi connectivity index (χ4n) is 4.33. The van der Waals surface area contributed by atoms with Crippen molar-refractivity contribution in [2.45, 2.75) is 60.8 Å². The second-order valence-corrected chi connectivity index (χ2v) is 11.4. The predicted molar refractivity (Wildman–Crippen MR) is 180 cm³/mol. The van der Waals surface area contributed by atoms with Crippen LogP contribution in [0.4, 0.5) is 16.2 Å². The summed E-state index contributed by atoms with van der Waals surface area (Å²) in [6.45, 7) is 11.2. The zero-order valence-corrected chi connectivity index (χ0v) is 27.7. The summed E-state index contributed by atoms with van der Waals surface area (Å²) in [5.74, 6) is -0.0277. The molecule has 0 bridgehead atoms. The Kier molecular flexibility index (Phi) is 13.6. The van der Waals surface area contributed by atoms with E-state index in [-0.39, 0.29) is 56.7 Å². The molecule has 3 aromatic rings. The summed E-state index contributed by atoms with van der Waals surface area (Å²) in [6, 6.07) is 15.4. The largest absolute Gasteiger partial charge is 0.487 e. The molecule has 0 aliphatic heterocycles. The highest BCUT2D eigenvalue weighted by atomic mass is 16.6. The minimum absolute atomic E-state index is 0.000346.